The second-order valence-corrected chi connectivity index (χ2v) is 13.9. The van der Waals surface area contributed by atoms with Crippen molar-refractivity contribution in [3.05, 3.63) is 71.8 Å². The molecule has 1 atom stereocenters. The van der Waals surface area contributed by atoms with Gasteiger partial charge in [0.15, 0.2) is 0 Å². The normalized spacial score (nSPS) is 12.0. The van der Waals surface area contributed by atoms with E-state index in [1.54, 1.807) is 30.3 Å². The summed E-state index contributed by atoms with van der Waals surface area (Å²) in [4.78, 5) is 36.6. The van der Waals surface area contributed by atoms with Gasteiger partial charge in [-0.3, -0.25) is 4.79 Å². The SMILES string of the molecule is C[Si](C)(C)CCOC(=O)C[C@@H](Cc1ccccc1)NC(=O)OC(=O)c1ccccc1. The average Bonchev–Trinajstić information content (AvgIpc) is 2.68. The summed E-state index contributed by atoms with van der Waals surface area (Å²) in [5.41, 5.74) is 1.23. The number of ether oxygens (including phenoxy) is 2. The molecule has 6 nitrogen and oxygen atoms in total. The van der Waals surface area contributed by atoms with Crippen LogP contribution in [0.25, 0.3) is 0 Å². The molecule has 0 aliphatic heterocycles. The van der Waals surface area contributed by atoms with Gasteiger partial charge in [0, 0.05) is 14.1 Å². The van der Waals surface area contributed by atoms with Crippen molar-refractivity contribution in [1.82, 2.24) is 5.32 Å². The van der Waals surface area contributed by atoms with Crippen LogP contribution < -0.4 is 5.32 Å². The fourth-order valence-corrected chi connectivity index (χ4v) is 3.43. The van der Waals surface area contributed by atoms with Crippen molar-refractivity contribution in [2.24, 2.45) is 0 Å². The Hall–Kier alpha value is -2.93. The molecule has 0 unspecified atom stereocenters. The topological polar surface area (TPSA) is 81.7 Å². The van der Waals surface area contributed by atoms with Gasteiger partial charge >= 0.3 is 18.0 Å². The minimum atomic E-state index is -1.31. The van der Waals surface area contributed by atoms with Crippen LogP contribution in [-0.2, 0) is 20.7 Å². The number of alkyl carbamates (subject to hydrolysis) is 1. The monoisotopic (exact) mass is 427 g/mol. The molecule has 0 fully saturated rings. The van der Waals surface area contributed by atoms with Crippen molar-refractivity contribution < 1.29 is 23.9 Å². The molecule has 0 saturated carbocycles. The van der Waals surface area contributed by atoms with Crippen molar-refractivity contribution in [3.63, 3.8) is 0 Å². The predicted octanol–water partition coefficient (Wildman–Crippen LogP) is 4.44. The first kappa shape index (κ1) is 23.3. The van der Waals surface area contributed by atoms with E-state index in [0.717, 1.165) is 11.6 Å². The highest BCUT2D eigenvalue weighted by molar-refractivity contribution is 6.76. The van der Waals surface area contributed by atoms with Gasteiger partial charge in [-0.05, 0) is 30.2 Å². The quantitative estimate of drug-likeness (QED) is 0.364. The highest BCUT2D eigenvalue weighted by Crippen LogP contribution is 2.11. The summed E-state index contributed by atoms with van der Waals surface area (Å²) < 4.78 is 10.2. The third-order valence-electron chi connectivity index (χ3n) is 4.37. The van der Waals surface area contributed by atoms with Crippen LogP contribution in [0.1, 0.15) is 22.3 Å². The molecule has 0 bridgehead atoms. The van der Waals surface area contributed by atoms with E-state index in [0.29, 0.717) is 13.0 Å². The lowest BCUT2D eigenvalue weighted by atomic mass is 10.0. The molecular weight excluding hydrogens is 398 g/mol. The van der Waals surface area contributed by atoms with E-state index in [9.17, 15) is 14.4 Å². The Morgan fingerprint density at radius 3 is 2.13 bits per heavy atom. The first-order chi connectivity index (χ1) is 14.2. The number of nitrogens with one attached hydrogen (secondary N) is 1. The highest BCUT2D eigenvalue weighted by Gasteiger charge is 2.22. The molecule has 2 rings (SSSR count). The summed E-state index contributed by atoms with van der Waals surface area (Å²) in [6.45, 7) is 7.00. The average molecular weight is 428 g/mol. The minimum Gasteiger partial charge on any atom is -0.466 e. The van der Waals surface area contributed by atoms with Gasteiger partial charge in [-0.2, -0.15) is 0 Å². The van der Waals surface area contributed by atoms with E-state index in [1.165, 1.54) is 0 Å². The van der Waals surface area contributed by atoms with E-state index in [1.807, 2.05) is 30.3 Å². The second kappa shape index (κ2) is 11.3. The summed E-state index contributed by atoms with van der Waals surface area (Å²) >= 11 is 0. The van der Waals surface area contributed by atoms with Gasteiger partial charge in [0.1, 0.15) is 0 Å². The molecule has 160 valence electrons. The molecule has 0 saturated heterocycles. The molecule has 2 aromatic rings. The van der Waals surface area contributed by atoms with E-state index < -0.39 is 26.2 Å². The lowest BCUT2D eigenvalue weighted by Gasteiger charge is -2.19. The number of benzene rings is 2. The number of hydrogen-bond acceptors (Lipinski definition) is 5. The number of carbonyl (C=O) groups excluding carboxylic acids is 3. The van der Waals surface area contributed by atoms with Crippen LogP contribution in [0.15, 0.2) is 60.7 Å². The maximum atomic E-state index is 12.3. The first-order valence-electron chi connectivity index (χ1n) is 10.0. The summed E-state index contributed by atoms with van der Waals surface area (Å²) in [6, 6.07) is 18.1. The Balaban J connectivity index is 1.95. The molecule has 0 aromatic heterocycles. The van der Waals surface area contributed by atoms with E-state index in [2.05, 4.69) is 25.0 Å². The van der Waals surface area contributed by atoms with E-state index >= 15 is 0 Å². The van der Waals surface area contributed by atoms with Gasteiger partial charge < -0.3 is 14.8 Å². The zero-order chi connectivity index (χ0) is 22.0. The number of rotatable bonds is 9. The fourth-order valence-electron chi connectivity index (χ4n) is 2.72. The summed E-state index contributed by atoms with van der Waals surface area (Å²) in [5, 5.41) is 2.63. The smallest absolute Gasteiger partial charge is 0.415 e. The first-order valence-corrected chi connectivity index (χ1v) is 13.7. The maximum Gasteiger partial charge on any atom is 0.415 e. The molecular formula is C23H29NO5Si. The lowest BCUT2D eigenvalue weighted by molar-refractivity contribution is -0.143. The van der Waals surface area contributed by atoms with Crippen LogP contribution in [0.5, 0.6) is 0 Å². The number of amides is 1. The highest BCUT2D eigenvalue weighted by atomic mass is 28.3. The minimum absolute atomic E-state index is 0.00474. The lowest BCUT2D eigenvalue weighted by Crippen LogP contribution is -2.39. The molecule has 0 radical (unpaired) electrons. The van der Waals surface area contributed by atoms with Crippen molar-refractivity contribution in [2.75, 3.05) is 6.61 Å². The summed E-state index contributed by atoms with van der Waals surface area (Å²) in [6.07, 6.45) is -0.479. The molecule has 0 heterocycles. The zero-order valence-electron chi connectivity index (χ0n) is 17.7. The van der Waals surface area contributed by atoms with Gasteiger partial charge in [0.2, 0.25) is 0 Å². The molecule has 1 N–H and O–H groups in total. The van der Waals surface area contributed by atoms with E-state index in [-0.39, 0.29) is 18.0 Å². The molecule has 0 spiro atoms. The molecule has 0 aliphatic rings. The summed E-state index contributed by atoms with van der Waals surface area (Å²) in [7, 11) is -1.31. The second-order valence-electron chi connectivity index (χ2n) is 8.31. The molecule has 30 heavy (non-hydrogen) atoms. The maximum absolute atomic E-state index is 12.3. The fraction of sp³-hybridized carbons (Fsp3) is 0.348. The Bertz CT molecular complexity index is 834. The number of esters is 2. The molecule has 0 aliphatic carbocycles. The van der Waals surface area contributed by atoms with Crippen LogP contribution in [0.4, 0.5) is 4.79 Å². The summed E-state index contributed by atoms with van der Waals surface area (Å²) in [5.74, 6) is -1.13. The zero-order valence-corrected chi connectivity index (χ0v) is 18.7. The third kappa shape index (κ3) is 9.04. The van der Waals surface area contributed by atoms with Crippen LogP contribution in [0.3, 0.4) is 0 Å². The van der Waals surface area contributed by atoms with Gasteiger partial charge in [0.25, 0.3) is 0 Å². The van der Waals surface area contributed by atoms with Crippen LogP contribution in [0.2, 0.25) is 25.7 Å². The van der Waals surface area contributed by atoms with Crippen molar-refractivity contribution in [1.29, 1.82) is 0 Å². The third-order valence-corrected chi connectivity index (χ3v) is 6.07. The van der Waals surface area contributed by atoms with Gasteiger partial charge in [-0.1, -0.05) is 68.2 Å². The van der Waals surface area contributed by atoms with Gasteiger partial charge in [-0.25, -0.2) is 9.59 Å². The predicted molar refractivity (Wildman–Crippen MR) is 118 cm³/mol. The van der Waals surface area contributed by atoms with Gasteiger partial charge in [0.05, 0.1) is 18.6 Å². The largest absolute Gasteiger partial charge is 0.466 e. The van der Waals surface area contributed by atoms with E-state index in [4.69, 9.17) is 9.47 Å². The van der Waals surface area contributed by atoms with Crippen LogP contribution in [-0.4, -0.2) is 38.8 Å². The molecule has 2 aromatic carbocycles. The standard InChI is InChI=1S/C23H29NO5Si/c1-30(2,3)15-14-28-21(25)17-20(16-18-10-6-4-7-11-18)24-23(27)29-22(26)19-12-8-5-9-13-19/h4-13,20H,14-17H2,1-3H3,(H,24,27)/t20-/m1/s1. The van der Waals surface area contributed by atoms with Crippen molar-refractivity contribution in [2.45, 2.75) is 44.6 Å². The van der Waals surface area contributed by atoms with Crippen molar-refractivity contribution in [3.8, 4) is 0 Å². The van der Waals surface area contributed by atoms with Crippen LogP contribution >= 0.6 is 0 Å². The van der Waals surface area contributed by atoms with Crippen molar-refractivity contribution >= 4 is 26.1 Å². The number of carbonyl (C=O) groups is 3. The Morgan fingerprint density at radius 2 is 1.53 bits per heavy atom. The molecule has 7 heteroatoms. The van der Waals surface area contributed by atoms with Gasteiger partial charge in [-0.15, -0.1) is 0 Å². The molecule has 1 amide bonds. The Morgan fingerprint density at radius 1 is 0.933 bits per heavy atom. The Kier molecular flexibility index (Phi) is 8.80. The number of hydrogen-bond donors (Lipinski definition) is 1. The Labute approximate surface area is 178 Å². The van der Waals surface area contributed by atoms with Crippen LogP contribution in [0, 0.1) is 0 Å².